The molecule has 0 atom stereocenters. The molecule has 34 heavy (non-hydrogen) atoms. The van der Waals surface area contributed by atoms with E-state index in [1.165, 1.54) is 32.4 Å². The van der Waals surface area contributed by atoms with E-state index in [2.05, 4.69) is 19.9 Å². The maximum atomic E-state index is 14.9. The lowest BCUT2D eigenvalue weighted by molar-refractivity contribution is 0.203. The Morgan fingerprint density at radius 3 is 2.74 bits per heavy atom. The maximum Gasteiger partial charge on any atom is 0.322 e. The Balaban J connectivity index is 1.32. The van der Waals surface area contributed by atoms with Crippen LogP contribution < -0.4 is 14.2 Å². The number of aromatic amines is 1. The summed E-state index contributed by atoms with van der Waals surface area (Å²) in [5.41, 5.74) is 2.23. The minimum atomic E-state index is -0.446. The van der Waals surface area contributed by atoms with E-state index in [1.54, 1.807) is 31.5 Å². The molecule has 2 aromatic heterocycles. The molecule has 0 bridgehead atoms. The van der Waals surface area contributed by atoms with Gasteiger partial charge >= 0.3 is 6.01 Å². The molecular formula is C26H29FN4O3. The van der Waals surface area contributed by atoms with Crippen molar-refractivity contribution in [1.82, 2.24) is 19.9 Å². The summed E-state index contributed by atoms with van der Waals surface area (Å²) in [7, 11) is 1.61. The van der Waals surface area contributed by atoms with Crippen LogP contribution in [0.3, 0.4) is 0 Å². The smallest absolute Gasteiger partial charge is 0.322 e. The van der Waals surface area contributed by atoms with Crippen molar-refractivity contribution in [3.8, 4) is 23.3 Å². The quantitative estimate of drug-likeness (QED) is 0.342. The number of hydrogen-bond donors (Lipinski definition) is 1. The van der Waals surface area contributed by atoms with Gasteiger partial charge < -0.3 is 24.1 Å². The number of ether oxygens (including phenoxy) is 3. The van der Waals surface area contributed by atoms with Gasteiger partial charge in [0.2, 0.25) is 0 Å². The molecule has 0 radical (unpaired) electrons. The summed E-state index contributed by atoms with van der Waals surface area (Å²) in [5, 5.41) is 1.25. The van der Waals surface area contributed by atoms with Gasteiger partial charge in [0.25, 0.3) is 0 Å². The molecule has 1 fully saturated rings. The molecule has 5 rings (SSSR count). The number of aromatic nitrogens is 3. The van der Waals surface area contributed by atoms with Crippen molar-refractivity contribution >= 4 is 21.8 Å². The molecule has 7 nitrogen and oxygen atoms in total. The summed E-state index contributed by atoms with van der Waals surface area (Å²) in [6.45, 7) is 5.86. The van der Waals surface area contributed by atoms with Crippen LogP contribution in [0.2, 0.25) is 0 Å². The van der Waals surface area contributed by atoms with Crippen molar-refractivity contribution in [2.45, 2.75) is 32.6 Å². The molecule has 2 aromatic carbocycles. The Bertz CT molecular complexity index is 1300. The zero-order chi connectivity index (χ0) is 23.5. The van der Waals surface area contributed by atoms with E-state index in [1.807, 2.05) is 19.1 Å². The Morgan fingerprint density at radius 1 is 1.06 bits per heavy atom. The molecule has 1 aliphatic heterocycles. The zero-order valence-electron chi connectivity index (χ0n) is 19.6. The fraction of sp³-hybridized carbons (Fsp3) is 0.385. The SMILES string of the molecule is COc1cc2cnc(Oc3ccc4[nH]c(C)cc4c3F)nc2cc1OCCCN1CCCCC1. The van der Waals surface area contributed by atoms with E-state index in [0.29, 0.717) is 29.0 Å². The van der Waals surface area contributed by atoms with Gasteiger partial charge in [-0.3, -0.25) is 0 Å². The van der Waals surface area contributed by atoms with Gasteiger partial charge in [-0.25, -0.2) is 9.37 Å². The van der Waals surface area contributed by atoms with Crippen LogP contribution in [0.4, 0.5) is 4.39 Å². The number of aryl methyl sites for hydroxylation is 1. The number of methoxy groups -OCH3 is 1. The highest BCUT2D eigenvalue weighted by Gasteiger charge is 2.15. The van der Waals surface area contributed by atoms with Gasteiger partial charge in [0.15, 0.2) is 23.1 Å². The van der Waals surface area contributed by atoms with Crippen molar-refractivity contribution in [1.29, 1.82) is 0 Å². The average molecular weight is 465 g/mol. The molecular weight excluding hydrogens is 435 g/mol. The first-order valence-electron chi connectivity index (χ1n) is 11.8. The van der Waals surface area contributed by atoms with Gasteiger partial charge in [0, 0.05) is 40.8 Å². The van der Waals surface area contributed by atoms with Crippen LogP contribution in [0.1, 0.15) is 31.4 Å². The van der Waals surface area contributed by atoms with E-state index in [4.69, 9.17) is 14.2 Å². The number of piperidine rings is 1. The van der Waals surface area contributed by atoms with Crippen LogP contribution in [0, 0.1) is 12.7 Å². The number of rotatable bonds is 8. The normalized spacial score (nSPS) is 14.6. The predicted molar refractivity (Wildman–Crippen MR) is 130 cm³/mol. The number of hydrogen-bond acceptors (Lipinski definition) is 6. The number of halogens is 1. The minimum absolute atomic E-state index is 0.0687. The molecule has 0 aliphatic carbocycles. The fourth-order valence-corrected chi connectivity index (χ4v) is 4.46. The van der Waals surface area contributed by atoms with Crippen LogP contribution >= 0.6 is 0 Å². The topological polar surface area (TPSA) is 72.5 Å². The third-order valence-corrected chi connectivity index (χ3v) is 6.21. The summed E-state index contributed by atoms with van der Waals surface area (Å²) >= 11 is 0. The zero-order valence-corrected chi connectivity index (χ0v) is 19.6. The summed E-state index contributed by atoms with van der Waals surface area (Å²) in [6.07, 6.45) is 6.48. The fourth-order valence-electron chi connectivity index (χ4n) is 4.46. The second-order valence-corrected chi connectivity index (χ2v) is 8.71. The van der Waals surface area contributed by atoms with Crippen LogP contribution in [0.15, 0.2) is 36.5 Å². The first-order valence-corrected chi connectivity index (χ1v) is 11.8. The molecule has 8 heteroatoms. The molecule has 1 saturated heterocycles. The Labute approximate surface area is 197 Å². The standard InChI is InChI=1S/C26H29FN4O3/c1-17-13-19-20(29-17)7-8-22(25(19)27)34-26-28-16-18-14-23(32-2)24(15-21(18)30-26)33-12-6-11-31-9-4-3-5-10-31/h7-8,13-16,29H,3-6,9-12H2,1-2H3. The Morgan fingerprint density at radius 2 is 1.91 bits per heavy atom. The minimum Gasteiger partial charge on any atom is -0.493 e. The summed E-state index contributed by atoms with van der Waals surface area (Å²) in [4.78, 5) is 14.3. The molecule has 0 saturated carbocycles. The number of nitrogens with one attached hydrogen (secondary N) is 1. The highest BCUT2D eigenvalue weighted by Crippen LogP contribution is 2.34. The number of benzene rings is 2. The van der Waals surface area contributed by atoms with Crippen LogP contribution in [0.5, 0.6) is 23.3 Å². The predicted octanol–water partition coefficient (Wildman–Crippen LogP) is 5.61. The molecule has 0 unspecified atom stereocenters. The molecule has 0 spiro atoms. The number of nitrogens with zero attached hydrogens (tertiary/aromatic N) is 3. The molecule has 4 aromatic rings. The Kier molecular flexibility index (Phi) is 6.49. The van der Waals surface area contributed by atoms with Crippen molar-refractivity contribution < 1.29 is 18.6 Å². The highest BCUT2D eigenvalue weighted by atomic mass is 19.1. The second kappa shape index (κ2) is 9.85. The largest absolute Gasteiger partial charge is 0.493 e. The van der Waals surface area contributed by atoms with Crippen LogP contribution in [0.25, 0.3) is 21.8 Å². The monoisotopic (exact) mass is 464 g/mol. The second-order valence-electron chi connectivity index (χ2n) is 8.71. The van der Waals surface area contributed by atoms with E-state index in [-0.39, 0.29) is 11.8 Å². The molecule has 178 valence electrons. The third-order valence-electron chi connectivity index (χ3n) is 6.21. The lowest BCUT2D eigenvalue weighted by atomic mass is 10.1. The molecule has 3 heterocycles. The maximum absolute atomic E-state index is 14.9. The lowest BCUT2D eigenvalue weighted by Gasteiger charge is -2.26. The lowest BCUT2D eigenvalue weighted by Crippen LogP contribution is -2.31. The van der Waals surface area contributed by atoms with E-state index in [9.17, 15) is 4.39 Å². The first kappa shape index (κ1) is 22.4. The van der Waals surface area contributed by atoms with Gasteiger partial charge in [0.05, 0.1) is 19.2 Å². The molecule has 1 aliphatic rings. The van der Waals surface area contributed by atoms with Crippen molar-refractivity contribution in [3.63, 3.8) is 0 Å². The van der Waals surface area contributed by atoms with Gasteiger partial charge in [-0.1, -0.05) is 6.42 Å². The number of likely N-dealkylation sites (tertiary alicyclic amines) is 1. The summed E-state index contributed by atoms with van der Waals surface area (Å²) < 4.78 is 32.2. The van der Waals surface area contributed by atoms with Gasteiger partial charge in [-0.15, -0.1) is 0 Å². The van der Waals surface area contributed by atoms with Gasteiger partial charge in [-0.05, 0) is 63.5 Å². The average Bonchev–Trinajstić information content (AvgIpc) is 3.25. The third kappa shape index (κ3) is 4.77. The molecule has 0 amide bonds. The Hall–Kier alpha value is -3.39. The van der Waals surface area contributed by atoms with Crippen LogP contribution in [-0.4, -0.2) is 53.2 Å². The van der Waals surface area contributed by atoms with E-state index >= 15 is 0 Å². The van der Waals surface area contributed by atoms with E-state index in [0.717, 1.165) is 29.6 Å². The van der Waals surface area contributed by atoms with Crippen molar-refractivity contribution in [2.75, 3.05) is 33.4 Å². The van der Waals surface area contributed by atoms with E-state index < -0.39 is 5.82 Å². The number of fused-ring (bicyclic) bond motifs is 2. The number of H-pyrrole nitrogens is 1. The summed E-state index contributed by atoms with van der Waals surface area (Å²) in [6, 6.07) is 8.83. The van der Waals surface area contributed by atoms with Gasteiger partial charge in [-0.2, -0.15) is 4.98 Å². The van der Waals surface area contributed by atoms with Crippen molar-refractivity contribution in [3.05, 3.63) is 48.0 Å². The van der Waals surface area contributed by atoms with Gasteiger partial charge in [0.1, 0.15) is 0 Å². The molecule has 1 N–H and O–H groups in total. The highest BCUT2D eigenvalue weighted by molar-refractivity contribution is 5.83. The first-order chi connectivity index (χ1) is 16.6. The van der Waals surface area contributed by atoms with Crippen LogP contribution in [-0.2, 0) is 0 Å². The van der Waals surface area contributed by atoms with Crippen molar-refractivity contribution in [2.24, 2.45) is 0 Å². The summed E-state index contributed by atoms with van der Waals surface area (Å²) in [5.74, 6) is 0.877.